The van der Waals surface area contributed by atoms with Crippen LogP contribution < -0.4 is 9.61 Å². The number of carbonyl (C=O) groups is 1. The molecule has 0 aliphatic carbocycles. The quantitative estimate of drug-likeness (QED) is 0.262. The van der Waals surface area contributed by atoms with E-state index in [0.29, 0.717) is 5.56 Å². The maximum Gasteiger partial charge on any atom is 0.339 e. The Hall–Kier alpha value is -3.97. The van der Waals surface area contributed by atoms with Gasteiger partial charge in [-0.05, 0) is 40.6 Å². The van der Waals surface area contributed by atoms with Crippen LogP contribution in [0, 0.1) is 0 Å². The summed E-state index contributed by atoms with van der Waals surface area (Å²) < 4.78 is 31.1. The molecule has 0 aromatic heterocycles. The van der Waals surface area contributed by atoms with E-state index >= 15 is 0 Å². The Kier molecular flexibility index (Phi) is 6.28. The van der Waals surface area contributed by atoms with E-state index < -0.39 is 10.1 Å². The van der Waals surface area contributed by atoms with E-state index in [1.54, 1.807) is 30.3 Å². The zero-order chi connectivity index (χ0) is 22.4. The van der Waals surface area contributed by atoms with Crippen molar-refractivity contribution in [2.45, 2.75) is 11.3 Å². The number of benzene rings is 4. The highest BCUT2D eigenvalue weighted by molar-refractivity contribution is 7.87. The Morgan fingerprint density at radius 2 is 1.53 bits per heavy atom. The third kappa shape index (κ3) is 5.19. The summed E-state index contributed by atoms with van der Waals surface area (Å²) in [6.45, 7) is 0. The van der Waals surface area contributed by atoms with Crippen LogP contribution in [-0.2, 0) is 21.3 Å². The summed E-state index contributed by atoms with van der Waals surface area (Å²) in [4.78, 5) is 12.1. The monoisotopic (exact) mass is 444 g/mol. The second kappa shape index (κ2) is 9.45. The number of para-hydroxylation sites is 1. The molecule has 0 bridgehead atoms. The molecule has 7 heteroatoms. The minimum Gasteiger partial charge on any atom is -0.378 e. The molecule has 0 unspecified atom stereocenters. The molecule has 0 atom stereocenters. The molecule has 0 saturated heterocycles. The van der Waals surface area contributed by atoms with Crippen molar-refractivity contribution in [1.82, 2.24) is 5.43 Å². The zero-order valence-electron chi connectivity index (χ0n) is 17.0. The molecule has 160 valence electrons. The predicted octanol–water partition coefficient (Wildman–Crippen LogP) is 4.30. The molecule has 0 heterocycles. The normalized spacial score (nSPS) is 11.5. The fourth-order valence-electron chi connectivity index (χ4n) is 3.15. The lowest BCUT2D eigenvalue weighted by Crippen LogP contribution is -2.19. The number of hydrogen-bond donors (Lipinski definition) is 1. The van der Waals surface area contributed by atoms with E-state index in [1.807, 2.05) is 54.6 Å². The average molecular weight is 445 g/mol. The minimum absolute atomic E-state index is 0.0547. The minimum atomic E-state index is -4.06. The predicted molar refractivity (Wildman–Crippen MR) is 124 cm³/mol. The molecule has 1 amide bonds. The fourth-order valence-corrected chi connectivity index (χ4v) is 4.14. The van der Waals surface area contributed by atoms with E-state index in [-0.39, 0.29) is 23.0 Å². The molecule has 0 aliphatic rings. The van der Waals surface area contributed by atoms with Gasteiger partial charge in [0.1, 0.15) is 4.90 Å². The summed E-state index contributed by atoms with van der Waals surface area (Å²) in [5, 5.41) is 5.68. The highest BCUT2D eigenvalue weighted by Crippen LogP contribution is 2.24. The summed E-state index contributed by atoms with van der Waals surface area (Å²) in [5.74, 6) is -0.170. The topological polar surface area (TPSA) is 84.8 Å². The number of amides is 1. The first-order valence-electron chi connectivity index (χ1n) is 9.89. The first kappa shape index (κ1) is 21.3. The molecule has 0 spiro atoms. The van der Waals surface area contributed by atoms with E-state index in [4.69, 9.17) is 4.18 Å². The molecule has 32 heavy (non-hydrogen) atoms. The molecular weight excluding hydrogens is 424 g/mol. The van der Waals surface area contributed by atoms with Gasteiger partial charge in [0, 0.05) is 5.56 Å². The van der Waals surface area contributed by atoms with Crippen LogP contribution in [0.4, 0.5) is 0 Å². The number of nitrogens with zero attached hydrogens (tertiary/aromatic N) is 1. The highest BCUT2D eigenvalue weighted by Gasteiger charge is 2.18. The largest absolute Gasteiger partial charge is 0.378 e. The Morgan fingerprint density at radius 3 is 2.34 bits per heavy atom. The van der Waals surface area contributed by atoms with Crippen molar-refractivity contribution in [3.63, 3.8) is 0 Å². The summed E-state index contributed by atoms with van der Waals surface area (Å²) >= 11 is 0. The van der Waals surface area contributed by atoms with Gasteiger partial charge in [-0.1, -0.05) is 72.8 Å². The SMILES string of the molecule is O=C(Cc1ccccc1)N/N=C/c1ccccc1OS(=O)(=O)c1ccc2ccccc2c1. The van der Waals surface area contributed by atoms with E-state index in [2.05, 4.69) is 10.5 Å². The average Bonchev–Trinajstić information content (AvgIpc) is 2.80. The molecule has 0 saturated carbocycles. The van der Waals surface area contributed by atoms with Crippen molar-refractivity contribution >= 4 is 33.0 Å². The van der Waals surface area contributed by atoms with Gasteiger partial charge in [0.2, 0.25) is 5.91 Å². The highest BCUT2D eigenvalue weighted by atomic mass is 32.2. The van der Waals surface area contributed by atoms with Gasteiger partial charge < -0.3 is 4.18 Å². The molecule has 4 aromatic rings. The van der Waals surface area contributed by atoms with Crippen LogP contribution in [0.2, 0.25) is 0 Å². The maximum atomic E-state index is 12.8. The second-order valence-electron chi connectivity index (χ2n) is 7.04. The van der Waals surface area contributed by atoms with Crippen LogP contribution in [0.5, 0.6) is 5.75 Å². The van der Waals surface area contributed by atoms with Gasteiger partial charge in [-0.25, -0.2) is 5.43 Å². The summed E-state index contributed by atoms with van der Waals surface area (Å²) in [6.07, 6.45) is 1.54. The first-order valence-corrected chi connectivity index (χ1v) is 11.3. The molecule has 0 fully saturated rings. The van der Waals surface area contributed by atoms with Crippen molar-refractivity contribution in [2.75, 3.05) is 0 Å². The van der Waals surface area contributed by atoms with E-state index in [0.717, 1.165) is 16.3 Å². The van der Waals surface area contributed by atoms with Crippen molar-refractivity contribution < 1.29 is 17.4 Å². The fraction of sp³-hybridized carbons (Fsp3) is 0.0400. The van der Waals surface area contributed by atoms with Gasteiger partial charge in [0.05, 0.1) is 12.6 Å². The number of rotatable bonds is 7. The zero-order valence-corrected chi connectivity index (χ0v) is 17.8. The van der Waals surface area contributed by atoms with Crippen molar-refractivity contribution in [2.24, 2.45) is 5.10 Å². The lowest BCUT2D eigenvalue weighted by atomic mass is 10.1. The van der Waals surface area contributed by atoms with Crippen LogP contribution in [0.1, 0.15) is 11.1 Å². The molecule has 0 aliphatic heterocycles. The Morgan fingerprint density at radius 1 is 0.844 bits per heavy atom. The molecule has 4 aromatic carbocycles. The third-order valence-corrected chi connectivity index (χ3v) is 5.96. The summed E-state index contributed by atoms with van der Waals surface area (Å²) in [5.41, 5.74) is 3.73. The maximum absolute atomic E-state index is 12.8. The van der Waals surface area contributed by atoms with Gasteiger partial charge in [0.25, 0.3) is 0 Å². The summed E-state index contributed by atoms with van der Waals surface area (Å²) in [7, 11) is -4.06. The van der Waals surface area contributed by atoms with Gasteiger partial charge in [-0.15, -0.1) is 0 Å². The molecule has 0 radical (unpaired) electrons. The van der Waals surface area contributed by atoms with Crippen molar-refractivity contribution in [3.05, 3.63) is 108 Å². The van der Waals surface area contributed by atoms with Crippen LogP contribution in [0.3, 0.4) is 0 Å². The number of fused-ring (bicyclic) bond motifs is 1. The van der Waals surface area contributed by atoms with Gasteiger partial charge in [0.15, 0.2) is 5.75 Å². The van der Waals surface area contributed by atoms with Gasteiger partial charge in [-0.2, -0.15) is 13.5 Å². The van der Waals surface area contributed by atoms with E-state index in [1.165, 1.54) is 18.3 Å². The van der Waals surface area contributed by atoms with Gasteiger partial charge >= 0.3 is 10.1 Å². The third-order valence-electron chi connectivity index (χ3n) is 4.73. The Bertz CT molecular complexity index is 1380. The Labute approximate surface area is 186 Å². The first-order chi connectivity index (χ1) is 15.5. The summed E-state index contributed by atoms with van der Waals surface area (Å²) in [6, 6.07) is 28.2. The molecular formula is C25H20N2O4S. The molecule has 6 nitrogen and oxygen atoms in total. The van der Waals surface area contributed by atoms with Crippen molar-refractivity contribution in [1.29, 1.82) is 0 Å². The van der Waals surface area contributed by atoms with Gasteiger partial charge in [-0.3, -0.25) is 4.79 Å². The number of carbonyl (C=O) groups excluding carboxylic acids is 1. The number of hydrogen-bond acceptors (Lipinski definition) is 5. The van der Waals surface area contributed by atoms with Crippen LogP contribution >= 0.6 is 0 Å². The second-order valence-corrected chi connectivity index (χ2v) is 8.59. The van der Waals surface area contributed by atoms with Crippen LogP contribution in [0.15, 0.2) is 107 Å². The smallest absolute Gasteiger partial charge is 0.339 e. The number of nitrogens with one attached hydrogen (secondary N) is 1. The van der Waals surface area contributed by atoms with Crippen LogP contribution in [0.25, 0.3) is 10.8 Å². The lowest BCUT2D eigenvalue weighted by Gasteiger charge is -2.10. The van der Waals surface area contributed by atoms with Crippen LogP contribution in [-0.4, -0.2) is 20.5 Å². The lowest BCUT2D eigenvalue weighted by molar-refractivity contribution is -0.120. The number of hydrazone groups is 1. The molecule has 4 rings (SSSR count). The molecule has 1 N–H and O–H groups in total. The standard InChI is InChI=1S/C25H20N2O4S/c28-25(16-19-8-2-1-3-9-19)27-26-18-22-12-6-7-13-24(22)31-32(29,30)23-15-14-20-10-4-5-11-21(20)17-23/h1-15,17-18H,16H2,(H,27,28)/b26-18+. The van der Waals surface area contributed by atoms with Crippen molar-refractivity contribution in [3.8, 4) is 5.75 Å². The Balaban J connectivity index is 1.48. The van der Waals surface area contributed by atoms with E-state index in [9.17, 15) is 13.2 Å².